The van der Waals surface area contributed by atoms with Crippen molar-refractivity contribution in [1.29, 1.82) is 0 Å². The molecule has 1 fully saturated rings. The largest absolute Gasteiger partial charge is 0.478 e. The van der Waals surface area contributed by atoms with Crippen LogP contribution in [0.5, 0.6) is 0 Å². The maximum atomic E-state index is 11.4. The molecule has 0 unspecified atom stereocenters. The van der Waals surface area contributed by atoms with Gasteiger partial charge >= 0.3 is 5.97 Å². The summed E-state index contributed by atoms with van der Waals surface area (Å²) >= 11 is 0. The summed E-state index contributed by atoms with van der Waals surface area (Å²) in [4.78, 5) is 13.9. The summed E-state index contributed by atoms with van der Waals surface area (Å²) in [6, 6.07) is 16.1. The quantitative estimate of drug-likeness (QED) is 0.862. The molecule has 0 amide bonds. The second-order valence-electron chi connectivity index (χ2n) is 6.45. The molecule has 132 valence electrons. The summed E-state index contributed by atoms with van der Waals surface area (Å²) in [6.07, 6.45) is 2.07. The van der Waals surface area contributed by atoms with Crippen LogP contribution in [-0.2, 0) is 11.3 Å². The molecule has 1 N–H and O–H groups in total. The highest BCUT2D eigenvalue weighted by atomic mass is 16.5. The molecule has 4 nitrogen and oxygen atoms in total. The van der Waals surface area contributed by atoms with E-state index in [9.17, 15) is 9.90 Å². The fourth-order valence-electron chi connectivity index (χ4n) is 3.53. The fourth-order valence-corrected chi connectivity index (χ4v) is 3.53. The van der Waals surface area contributed by atoms with Crippen LogP contribution in [-0.4, -0.2) is 41.8 Å². The normalized spacial score (nSPS) is 15.4. The molecule has 0 saturated carbocycles. The first-order chi connectivity index (χ1) is 12.2. The van der Waals surface area contributed by atoms with Gasteiger partial charge in [0.1, 0.15) is 0 Å². The molecule has 3 rings (SSSR count). The van der Waals surface area contributed by atoms with Crippen LogP contribution in [0.1, 0.15) is 35.7 Å². The number of rotatable bonds is 6. The van der Waals surface area contributed by atoms with Gasteiger partial charge in [0, 0.05) is 25.8 Å². The summed E-state index contributed by atoms with van der Waals surface area (Å²) in [7, 11) is 0. The number of aromatic carboxylic acids is 1. The number of nitrogens with zero attached hydrogens (tertiary/aromatic N) is 1. The molecule has 2 aromatic carbocycles. The highest BCUT2D eigenvalue weighted by Crippen LogP contribution is 2.27. The van der Waals surface area contributed by atoms with E-state index in [4.69, 9.17) is 4.74 Å². The minimum Gasteiger partial charge on any atom is -0.478 e. The van der Waals surface area contributed by atoms with Gasteiger partial charge < -0.3 is 9.84 Å². The Labute approximate surface area is 149 Å². The maximum absolute atomic E-state index is 11.4. The Morgan fingerprint density at radius 3 is 2.52 bits per heavy atom. The van der Waals surface area contributed by atoms with Crippen LogP contribution < -0.4 is 0 Å². The standard InChI is InChI=1S/C21H25NO3/c1-2-22(19-10-12-25-13-11-19)15-18-14-17(21(23)24)8-9-20(18)16-6-4-3-5-7-16/h3-9,14,19H,2,10-13,15H2,1H3,(H,23,24). The Hall–Kier alpha value is -2.17. The molecule has 2 aromatic rings. The Kier molecular flexibility index (Phi) is 5.84. The van der Waals surface area contributed by atoms with E-state index in [-0.39, 0.29) is 0 Å². The van der Waals surface area contributed by atoms with Crippen molar-refractivity contribution in [3.63, 3.8) is 0 Å². The van der Waals surface area contributed by atoms with Gasteiger partial charge in [-0.15, -0.1) is 0 Å². The van der Waals surface area contributed by atoms with Gasteiger partial charge in [-0.3, -0.25) is 4.90 Å². The van der Waals surface area contributed by atoms with Crippen LogP contribution >= 0.6 is 0 Å². The Bertz CT molecular complexity index is 708. The lowest BCUT2D eigenvalue weighted by Crippen LogP contribution is -2.39. The van der Waals surface area contributed by atoms with Gasteiger partial charge in [-0.1, -0.05) is 43.3 Å². The number of hydrogen-bond acceptors (Lipinski definition) is 3. The van der Waals surface area contributed by atoms with Crippen molar-refractivity contribution in [1.82, 2.24) is 4.90 Å². The van der Waals surface area contributed by atoms with E-state index in [1.165, 1.54) is 0 Å². The number of hydrogen-bond donors (Lipinski definition) is 1. The predicted molar refractivity (Wildman–Crippen MR) is 98.8 cm³/mol. The van der Waals surface area contributed by atoms with Crippen molar-refractivity contribution in [2.45, 2.75) is 32.4 Å². The van der Waals surface area contributed by atoms with E-state index in [2.05, 4.69) is 24.0 Å². The summed E-state index contributed by atoms with van der Waals surface area (Å²) in [5.74, 6) is -0.880. The van der Waals surface area contributed by atoms with E-state index in [0.29, 0.717) is 11.6 Å². The van der Waals surface area contributed by atoms with E-state index < -0.39 is 5.97 Å². The number of benzene rings is 2. The number of carboxylic acid groups (broad SMARTS) is 1. The molecule has 1 aliphatic rings. The van der Waals surface area contributed by atoms with Gasteiger partial charge in [-0.05, 0) is 48.2 Å². The van der Waals surface area contributed by atoms with Crippen LogP contribution in [0.3, 0.4) is 0 Å². The second-order valence-corrected chi connectivity index (χ2v) is 6.45. The van der Waals surface area contributed by atoms with Crippen molar-refractivity contribution in [2.24, 2.45) is 0 Å². The van der Waals surface area contributed by atoms with Crippen LogP contribution in [0.2, 0.25) is 0 Å². The van der Waals surface area contributed by atoms with Crippen molar-refractivity contribution in [3.05, 3.63) is 59.7 Å². The van der Waals surface area contributed by atoms with Crippen molar-refractivity contribution in [2.75, 3.05) is 19.8 Å². The highest BCUT2D eigenvalue weighted by molar-refractivity contribution is 5.89. The topological polar surface area (TPSA) is 49.8 Å². The monoisotopic (exact) mass is 339 g/mol. The van der Waals surface area contributed by atoms with Crippen molar-refractivity contribution < 1.29 is 14.6 Å². The maximum Gasteiger partial charge on any atom is 0.335 e. The van der Waals surface area contributed by atoms with Gasteiger partial charge in [0.2, 0.25) is 0 Å². The van der Waals surface area contributed by atoms with Gasteiger partial charge in [0.15, 0.2) is 0 Å². The molecular weight excluding hydrogens is 314 g/mol. The Balaban J connectivity index is 1.93. The minimum absolute atomic E-state index is 0.345. The van der Waals surface area contributed by atoms with Gasteiger partial charge in [-0.2, -0.15) is 0 Å². The summed E-state index contributed by atoms with van der Waals surface area (Å²) < 4.78 is 5.48. The smallest absolute Gasteiger partial charge is 0.335 e. The molecule has 0 spiro atoms. The van der Waals surface area contributed by atoms with Crippen LogP contribution in [0.4, 0.5) is 0 Å². The number of carbonyl (C=O) groups is 1. The lowest BCUT2D eigenvalue weighted by atomic mass is 9.96. The third kappa shape index (κ3) is 4.27. The molecule has 25 heavy (non-hydrogen) atoms. The molecule has 0 atom stereocenters. The lowest BCUT2D eigenvalue weighted by molar-refractivity contribution is 0.0330. The highest BCUT2D eigenvalue weighted by Gasteiger charge is 2.22. The van der Waals surface area contributed by atoms with Crippen molar-refractivity contribution >= 4 is 5.97 Å². The molecule has 4 heteroatoms. The molecular formula is C21H25NO3. The van der Waals surface area contributed by atoms with Crippen LogP contribution in [0.25, 0.3) is 11.1 Å². The van der Waals surface area contributed by atoms with E-state index >= 15 is 0 Å². The molecule has 0 bridgehead atoms. The van der Waals surface area contributed by atoms with Gasteiger partial charge in [0.05, 0.1) is 5.56 Å². The number of carboxylic acids is 1. The summed E-state index contributed by atoms with van der Waals surface area (Å²) in [5, 5.41) is 9.38. The Morgan fingerprint density at radius 1 is 1.16 bits per heavy atom. The molecule has 0 radical (unpaired) electrons. The third-order valence-corrected chi connectivity index (χ3v) is 4.92. The van der Waals surface area contributed by atoms with Gasteiger partial charge in [-0.25, -0.2) is 4.79 Å². The average Bonchev–Trinajstić information content (AvgIpc) is 2.67. The van der Waals surface area contributed by atoms with Crippen LogP contribution in [0.15, 0.2) is 48.5 Å². The Morgan fingerprint density at radius 2 is 1.88 bits per heavy atom. The zero-order valence-corrected chi connectivity index (χ0v) is 14.6. The lowest BCUT2D eigenvalue weighted by Gasteiger charge is -2.34. The zero-order chi connectivity index (χ0) is 17.6. The first-order valence-corrected chi connectivity index (χ1v) is 8.92. The molecule has 1 heterocycles. The van der Waals surface area contributed by atoms with E-state index in [1.54, 1.807) is 6.07 Å². The average molecular weight is 339 g/mol. The van der Waals surface area contributed by atoms with Crippen LogP contribution in [0, 0.1) is 0 Å². The first-order valence-electron chi connectivity index (χ1n) is 8.92. The SMILES string of the molecule is CCN(Cc1cc(C(=O)O)ccc1-c1ccccc1)C1CCOCC1. The summed E-state index contributed by atoms with van der Waals surface area (Å²) in [5.41, 5.74) is 3.64. The number of ether oxygens (including phenoxy) is 1. The third-order valence-electron chi connectivity index (χ3n) is 4.92. The molecule has 0 aromatic heterocycles. The van der Waals surface area contributed by atoms with E-state index in [0.717, 1.165) is 55.8 Å². The minimum atomic E-state index is -0.880. The van der Waals surface area contributed by atoms with Gasteiger partial charge in [0.25, 0.3) is 0 Å². The second kappa shape index (κ2) is 8.28. The molecule has 1 aliphatic heterocycles. The predicted octanol–water partition coefficient (Wildman–Crippen LogP) is 4.05. The molecule has 0 aliphatic carbocycles. The fraction of sp³-hybridized carbons (Fsp3) is 0.381. The summed E-state index contributed by atoms with van der Waals surface area (Å²) in [6.45, 7) is 5.48. The van der Waals surface area contributed by atoms with Crippen molar-refractivity contribution in [3.8, 4) is 11.1 Å². The van der Waals surface area contributed by atoms with E-state index in [1.807, 2.05) is 30.3 Å². The zero-order valence-electron chi connectivity index (χ0n) is 14.6. The molecule has 1 saturated heterocycles. The first kappa shape index (κ1) is 17.6.